The van der Waals surface area contributed by atoms with Gasteiger partial charge in [0, 0.05) is 6.07 Å². The van der Waals surface area contributed by atoms with Gasteiger partial charge in [-0.25, -0.2) is 0 Å². The highest BCUT2D eigenvalue weighted by atomic mass is 32.1. The van der Waals surface area contributed by atoms with Gasteiger partial charge in [0.1, 0.15) is 0 Å². The monoisotopic (exact) mass is 267 g/mol. The number of pyridine rings is 1. The minimum absolute atomic E-state index is 0.215. The molecule has 0 spiro atoms. The molecular weight excluding hydrogens is 250 g/mol. The van der Waals surface area contributed by atoms with Gasteiger partial charge in [0.2, 0.25) is 5.88 Å². The van der Waals surface area contributed by atoms with E-state index in [0.717, 1.165) is 11.2 Å². The van der Waals surface area contributed by atoms with Gasteiger partial charge in [0.05, 0.1) is 31.9 Å². The molecule has 2 aromatic heterocycles. The van der Waals surface area contributed by atoms with Gasteiger partial charge in [-0.3, -0.25) is 4.57 Å². The van der Waals surface area contributed by atoms with E-state index in [-0.39, 0.29) is 6.10 Å². The van der Waals surface area contributed by atoms with E-state index in [1.54, 1.807) is 7.11 Å². The molecule has 0 unspecified atom stereocenters. The maximum Gasteiger partial charge on any atom is 0.215 e. The van der Waals surface area contributed by atoms with Crippen LogP contribution in [-0.2, 0) is 11.3 Å². The molecule has 0 radical (unpaired) electrons. The largest absolute Gasteiger partial charge is 0.481 e. The summed E-state index contributed by atoms with van der Waals surface area (Å²) < 4.78 is 13.2. The van der Waals surface area contributed by atoms with E-state index in [9.17, 15) is 0 Å². The summed E-state index contributed by atoms with van der Waals surface area (Å²) in [6.07, 6.45) is 0.215. The zero-order valence-corrected chi connectivity index (χ0v) is 11.6. The van der Waals surface area contributed by atoms with Crippen LogP contribution >= 0.6 is 12.2 Å². The highest BCUT2D eigenvalue weighted by Gasteiger charge is 2.07. The van der Waals surface area contributed by atoms with Crippen molar-refractivity contribution in [2.45, 2.75) is 26.5 Å². The molecule has 0 aromatic carbocycles. The number of imidazole rings is 1. The lowest BCUT2D eigenvalue weighted by molar-refractivity contribution is 0.0730. The van der Waals surface area contributed by atoms with Gasteiger partial charge in [0.15, 0.2) is 10.4 Å². The lowest BCUT2D eigenvalue weighted by Crippen LogP contribution is -2.11. The molecule has 2 rings (SSSR count). The first-order chi connectivity index (χ1) is 8.61. The minimum atomic E-state index is 0.215. The highest BCUT2D eigenvalue weighted by Crippen LogP contribution is 2.16. The van der Waals surface area contributed by atoms with E-state index >= 15 is 0 Å². The third kappa shape index (κ3) is 2.70. The van der Waals surface area contributed by atoms with E-state index < -0.39 is 0 Å². The van der Waals surface area contributed by atoms with Crippen molar-refractivity contribution in [1.29, 1.82) is 0 Å². The second-order valence-corrected chi connectivity index (χ2v) is 4.61. The summed E-state index contributed by atoms with van der Waals surface area (Å²) in [6.45, 7) is 5.31. The van der Waals surface area contributed by atoms with Crippen LogP contribution in [0.3, 0.4) is 0 Å². The predicted octanol–water partition coefficient (Wildman–Crippen LogP) is 2.53. The summed E-state index contributed by atoms with van der Waals surface area (Å²) in [4.78, 5) is 7.52. The molecule has 2 heterocycles. The van der Waals surface area contributed by atoms with Crippen LogP contribution in [-0.4, -0.2) is 34.4 Å². The Morgan fingerprint density at radius 1 is 1.44 bits per heavy atom. The summed E-state index contributed by atoms with van der Waals surface area (Å²) in [6, 6.07) is 3.72. The normalized spacial score (nSPS) is 11.3. The van der Waals surface area contributed by atoms with Gasteiger partial charge in [0.25, 0.3) is 0 Å². The molecule has 1 N–H and O–H groups in total. The second-order valence-electron chi connectivity index (χ2n) is 4.23. The van der Waals surface area contributed by atoms with Crippen molar-refractivity contribution < 1.29 is 9.47 Å². The van der Waals surface area contributed by atoms with Crippen LogP contribution in [0.4, 0.5) is 0 Å². The van der Waals surface area contributed by atoms with Crippen LogP contribution in [0, 0.1) is 4.77 Å². The molecule has 98 valence electrons. The number of aromatic nitrogens is 3. The molecule has 0 fully saturated rings. The van der Waals surface area contributed by atoms with E-state index in [4.69, 9.17) is 21.7 Å². The number of methoxy groups -OCH3 is 1. The number of fused-ring (bicyclic) bond motifs is 1. The van der Waals surface area contributed by atoms with E-state index in [1.165, 1.54) is 0 Å². The van der Waals surface area contributed by atoms with Gasteiger partial charge in [-0.15, -0.1) is 0 Å². The lowest BCUT2D eigenvalue weighted by Gasteiger charge is -2.08. The van der Waals surface area contributed by atoms with E-state index in [1.807, 2.05) is 30.5 Å². The van der Waals surface area contributed by atoms with E-state index in [2.05, 4.69) is 9.97 Å². The first-order valence-corrected chi connectivity index (χ1v) is 6.28. The molecule has 0 aliphatic rings. The molecule has 5 nitrogen and oxygen atoms in total. The van der Waals surface area contributed by atoms with Gasteiger partial charge < -0.3 is 14.5 Å². The molecule has 0 bridgehead atoms. The first kappa shape index (κ1) is 13.0. The summed E-state index contributed by atoms with van der Waals surface area (Å²) >= 11 is 5.28. The number of hydrogen-bond acceptors (Lipinski definition) is 4. The smallest absolute Gasteiger partial charge is 0.215 e. The number of nitrogens with zero attached hydrogens (tertiary/aromatic N) is 2. The molecule has 0 amide bonds. The molecule has 0 atom stereocenters. The van der Waals surface area contributed by atoms with Crippen LogP contribution in [0.1, 0.15) is 13.8 Å². The highest BCUT2D eigenvalue weighted by molar-refractivity contribution is 7.71. The Balaban J connectivity index is 2.30. The van der Waals surface area contributed by atoms with Crippen LogP contribution in [0.5, 0.6) is 5.88 Å². The molecular formula is C12H17N3O2S. The number of nitrogens with one attached hydrogen (secondary N) is 1. The number of aromatic amines is 1. The zero-order valence-electron chi connectivity index (χ0n) is 10.8. The van der Waals surface area contributed by atoms with Crippen LogP contribution in [0.2, 0.25) is 0 Å². The fourth-order valence-electron chi connectivity index (χ4n) is 1.71. The molecule has 0 aliphatic carbocycles. The topological polar surface area (TPSA) is 52.1 Å². The van der Waals surface area contributed by atoms with E-state index in [0.29, 0.717) is 23.8 Å². The third-order valence-electron chi connectivity index (χ3n) is 2.57. The quantitative estimate of drug-likeness (QED) is 0.846. The summed E-state index contributed by atoms with van der Waals surface area (Å²) in [7, 11) is 1.60. The summed E-state index contributed by atoms with van der Waals surface area (Å²) in [5, 5.41) is 0. The predicted molar refractivity (Wildman–Crippen MR) is 72.6 cm³/mol. The average molecular weight is 267 g/mol. The minimum Gasteiger partial charge on any atom is -0.481 e. The number of hydrogen-bond donors (Lipinski definition) is 1. The average Bonchev–Trinajstić information content (AvgIpc) is 2.64. The van der Waals surface area contributed by atoms with Gasteiger partial charge >= 0.3 is 0 Å². The fourth-order valence-corrected chi connectivity index (χ4v) is 2.00. The van der Waals surface area contributed by atoms with Crippen molar-refractivity contribution >= 4 is 23.4 Å². The molecule has 0 saturated carbocycles. The van der Waals surface area contributed by atoms with Crippen LogP contribution in [0.25, 0.3) is 11.2 Å². The number of H-pyrrole nitrogens is 1. The Kier molecular flexibility index (Phi) is 3.98. The lowest BCUT2D eigenvalue weighted by atomic mass is 10.4. The van der Waals surface area contributed by atoms with Crippen molar-refractivity contribution in [3.05, 3.63) is 16.9 Å². The second kappa shape index (κ2) is 5.49. The maximum atomic E-state index is 5.54. The molecule has 0 saturated heterocycles. The zero-order chi connectivity index (χ0) is 13.1. The van der Waals surface area contributed by atoms with Crippen LogP contribution < -0.4 is 4.74 Å². The first-order valence-electron chi connectivity index (χ1n) is 5.87. The summed E-state index contributed by atoms with van der Waals surface area (Å²) in [5.41, 5.74) is 1.71. The molecule has 18 heavy (non-hydrogen) atoms. The van der Waals surface area contributed by atoms with Crippen LogP contribution in [0.15, 0.2) is 12.1 Å². The van der Waals surface area contributed by atoms with Gasteiger partial charge in [-0.05, 0) is 32.1 Å². The SMILES string of the molecule is COc1ccc2[nH]c(=S)n(CCOC(C)C)c2n1. The number of ether oxygens (including phenoxy) is 2. The van der Waals surface area contributed by atoms with Crippen molar-refractivity contribution in [1.82, 2.24) is 14.5 Å². The van der Waals surface area contributed by atoms with Gasteiger partial charge in [-0.1, -0.05) is 0 Å². The van der Waals surface area contributed by atoms with Crippen molar-refractivity contribution in [2.24, 2.45) is 0 Å². The standard InChI is InChI=1S/C12H17N3O2S/c1-8(2)17-7-6-15-11-9(13-12(15)18)4-5-10(14-11)16-3/h4-5,8H,6-7H2,1-3H3,(H,13,18). The Hall–Kier alpha value is -1.40. The molecule has 2 aromatic rings. The van der Waals surface area contributed by atoms with Crippen molar-refractivity contribution in [3.8, 4) is 5.88 Å². The Labute approximate surface area is 111 Å². The Morgan fingerprint density at radius 3 is 2.89 bits per heavy atom. The molecule has 0 aliphatic heterocycles. The Morgan fingerprint density at radius 2 is 2.22 bits per heavy atom. The maximum absolute atomic E-state index is 5.54. The third-order valence-corrected chi connectivity index (χ3v) is 2.89. The fraction of sp³-hybridized carbons (Fsp3) is 0.500. The Bertz CT molecular complexity index is 589. The summed E-state index contributed by atoms with van der Waals surface area (Å²) in [5.74, 6) is 0.579. The van der Waals surface area contributed by atoms with Gasteiger partial charge in [-0.2, -0.15) is 4.98 Å². The molecule has 6 heteroatoms. The van der Waals surface area contributed by atoms with Crippen molar-refractivity contribution in [3.63, 3.8) is 0 Å². The van der Waals surface area contributed by atoms with Crippen molar-refractivity contribution in [2.75, 3.05) is 13.7 Å². The number of rotatable bonds is 5.